The van der Waals surface area contributed by atoms with Crippen LogP contribution in [0, 0.1) is 0 Å². The molecule has 0 radical (unpaired) electrons. The van der Waals surface area contributed by atoms with Crippen LogP contribution in [0.5, 0.6) is 0 Å². The zero-order chi connectivity index (χ0) is 14.4. The smallest absolute Gasteiger partial charge is 0.110 e. The molecule has 2 aromatic rings. The fraction of sp³-hybridized carbons (Fsp3) is 0.267. The summed E-state index contributed by atoms with van der Waals surface area (Å²) < 4.78 is 0.973. The lowest BCUT2D eigenvalue weighted by molar-refractivity contribution is 0.0431. The van der Waals surface area contributed by atoms with Gasteiger partial charge >= 0.3 is 0 Å². The first-order chi connectivity index (χ1) is 9.65. The predicted octanol–water partition coefficient (Wildman–Crippen LogP) is 3.17. The lowest BCUT2D eigenvalue weighted by atomic mass is 9.91. The van der Waals surface area contributed by atoms with E-state index in [1.807, 2.05) is 42.5 Å². The Labute approximate surface area is 131 Å². The molecule has 5 heteroatoms. The molecule has 1 unspecified atom stereocenters. The Balaban J connectivity index is 2.00. The van der Waals surface area contributed by atoms with Crippen molar-refractivity contribution in [2.45, 2.75) is 17.0 Å². The summed E-state index contributed by atoms with van der Waals surface area (Å²) in [6.45, 7) is 0.209. The normalized spacial score (nSPS) is 13.9. The summed E-state index contributed by atoms with van der Waals surface area (Å²) in [6.07, 6.45) is 2.35. The van der Waals surface area contributed by atoms with Gasteiger partial charge in [-0.3, -0.25) is 0 Å². The van der Waals surface area contributed by atoms with Gasteiger partial charge in [0.15, 0.2) is 0 Å². The zero-order valence-electron chi connectivity index (χ0n) is 11.0. The summed E-state index contributed by atoms with van der Waals surface area (Å²) in [5.41, 5.74) is 5.65. The number of nitrogens with two attached hydrogens (primary N) is 1. The Hall–Kier alpha value is -0.880. The lowest BCUT2D eigenvalue weighted by Crippen LogP contribution is -2.35. The van der Waals surface area contributed by atoms with Crippen molar-refractivity contribution in [3.63, 3.8) is 0 Å². The molecule has 0 bridgehead atoms. The van der Waals surface area contributed by atoms with Gasteiger partial charge in [-0.2, -0.15) is 0 Å². The maximum atomic E-state index is 10.7. The first-order valence-electron chi connectivity index (χ1n) is 6.37. The summed E-state index contributed by atoms with van der Waals surface area (Å²) in [7, 11) is 0. The molecular weight excluding hydrogens is 336 g/mol. The van der Waals surface area contributed by atoms with Gasteiger partial charge in [-0.25, -0.2) is 4.98 Å². The van der Waals surface area contributed by atoms with Gasteiger partial charge < -0.3 is 10.8 Å². The van der Waals surface area contributed by atoms with Crippen molar-refractivity contribution in [1.29, 1.82) is 0 Å². The summed E-state index contributed by atoms with van der Waals surface area (Å²) in [6, 6.07) is 13.4. The highest BCUT2D eigenvalue weighted by atomic mass is 79.9. The third-order valence-corrected chi connectivity index (χ3v) is 5.04. The van der Waals surface area contributed by atoms with Crippen LogP contribution >= 0.6 is 27.7 Å². The minimum absolute atomic E-state index is 0.209. The predicted molar refractivity (Wildman–Crippen MR) is 86.7 cm³/mol. The van der Waals surface area contributed by atoms with Gasteiger partial charge in [0.1, 0.15) is 10.6 Å². The number of hydrogen-bond acceptors (Lipinski definition) is 4. The van der Waals surface area contributed by atoms with Crippen LogP contribution in [-0.4, -0.2) is 22.4 Å². The van der Waals surface area contributed by atoms with E-state index < -0.39 is 5.60 Å². The molecule has 1 heterocycles. The van der Waals surface area contributed by atoms with Crippen molar-refractivity contribution in [1.82, 2.24) is 4.98 Å². The van der Waals surface area contributed by atoms with E-state index in [0.29, 0.717) is 6.42 Å². The molecule has 106 valence electrons. The van der Waals surface area contributed by atoms with E-state index in [9.17, 15) is 5.11 Å². The van der Waals surface area contributed by atoms with Crippen molar-refractivity contribution in [3.8, 4) is 0 Å². The fourth-order valence-corrected chi connectivity index (χ4v) is 3.48. The minimum atomic E-state index is -0.977. The van der Waals surface area contributed by atoms with E-state index in [4.69, 9.17) is 5.73 Å². The van der Waals surface area contributed by atoms with Gasteiger partial charge in [0.25, 0.3) is 0 Å². The molecule has 0 fully saturated rings. The van der Waals surface area contributed by atoms with Crippen molar-refractivity contribution in [2.75, 3.05) is 12.3 Å². The Kier molecular flexibility index (Phi) is 5.60. The molecule has 0 aliphatic carbocycles. The molecule has 3 N–H and O–H groups in total. The number of benzene rings is 1. The van der Waals surface area contributed by atoms with Gasteiger partial charge in [-0.1, -0.05) is 30.3 Å². The first kappa shape index (κ1) is 15.5. The second kappa shape index (κ2) is 7.22. The summed E-state index contributed by atoms with van der Waals surface area (Å²) >= 11 is 5.08. The fourth-order valence-electron chi connectivity index (χ4n) is 1.91. The second-order valence-electron chi connectivity index (χ2n) is 4.49. The van der Waals surface area contributed by atoms with Gasteiger partial charge in [-0.15, -0.1) is 11.8 Å². The van der Waals surface area contributed by atoms with Crippen molar-refractivity contribution < 1.29 is 5.11 Å². The summed E-state index contributed by atoms with van der Waals surface area (Å²) in [4.78, 5) is 4.30. The molecule has 20 heavy (non-hydrogen) atoms. The number of rotatable bonds is 6. The molecule has 0 saturated carbocycles. The van der Waals surface area contributed by atoms with Crippen molar-refractivity contribution in [2.24, 2.45) is 5.73 Å². The maximum Gasteiger partial charge on any atom is 0.110 e. The number of hydrogen-bond donors (Lipinski definition) is 2. The van der Waals surface area contributed by atoms with Gasteiger partial charge in [0, 0.05) is 23.0 Å². The number of pyridine rings is 1. The Morgan fingerprint density at radius 1 is 1.20 bits per heavy atom. The average Bonchev–Trinajstić information content (AvgIpc) is 2.50. The van der Waals surface area contributed by atoms with E-state index in [0.717, 1.165) is 20.8 Å². The highest BCUT2D eigenvalue weighted by molar-refractivity contribution is 9.10. The number of aromatic nitrogens is 1. The molecular formula is C15H17BrN2OS. The topological polar surface area (TPSA) is 59.1 Å². The van der Waals surface area contributed by atoms with Crippen molar-refractivity contribution >= 4 is 27.7 Å². The molecule has 0 aliphatic heterocycles. The van der Waals surface area contributed by atoms with Gasteiger partial charge in [0.05, 0.1) is 0 Å². The molecule has 2 rings (SSSR count). The first-order valence-corrected chi connectivity index (χ1v) is 8.15. The van der Waals surface area contributed by atoms with Crippen LogP contribution in [0.1, 0.15) is 12.0 Å². The monoisotopic (exact) mass is 352 g/mol. The van der Waals surface area contributed by atoms with Crippen molar-refractivity contribution in [3.05, 3.63) is 58.7 Å². The highest BCUT2D eigenvalue weighted by Gasteiger charge is 2.27. The zero-order valence-corrected chi connectivity index (χ0v) is 13.4. The molecule has 0 spiro atoms. The Bertz CT molecular complexity index is 553. The van der Waals surface area contributed by atoms with Crippen LogP contribution < -0.4 is 5.73 Å². The quantitative estimate of drug-likeness (QED) is 0.784. The standard InChI is InChI=1S/C15H17BrN2OS/c16-13-7-4-9-18-14(13)20-10-8-15(19,11-17)12-5-2-1-3-6-12/h1-7,9,19H,8,10-11,17H2. The highest BCUT2D eigenvalue weighted by Crippen LogP contribution is 2.30. The largest absolute Gasteiger partial charge is 0.384 e. The van der Waals surface area contributed by atoms with Crippen LogP contribution in [-0.2, 0) is 5.60 Å². The molecule has 1 atom stereocenters. The van der Waals surface area contributed by atoms with E-state index >= 15 is 0 Å². The van der Waals surface area contributed by atoms with E-state index in [-0.39, 0.29) is 6.54 Å². The molecule has 0 aliphatic rings. The summed E-state index contributed by atoms with van der Waals surface area (Å²) in [5.74, 6) is 0.748. The van der Waals surface area contributed by atoms with Crippen LogP contribution in [0.3, 0.4) is 0 Å². The number of nitrogens with zero attached hydrogens (tertiary/aromatic N) is 1. The van der Waals surface area contributed by atoms with E-state index in [1.54, 1.807) is 18.0 Å². The maximum absolute atomic E-state index is 10.7. The average molecular weight is 353 g/mol. The number of thioether (sulfide) groups is 1. The lowest BCUT2D eigenvalue weighted by Gasteiger charge is -2.27. The van der Waals surface area contributed by atoms with Crippen LogP contribution in [0.15, 0.2) is 58.2 Å². The van der Waals surface area contributed by atoms with Crippen LogP contribution in [0.4, 0.5) is 0 Å². The van der Waals surface area contributed by atoms with Gasteiger partial charge in [0.2, 0.25) is 0 Å². The minimum Gasteiger partial charge on any atom is -0.384 e. The van der Waals surface area contributed by atoms with Crippen LogP contribution in [0.25, 0.3) is 0 Å². The third-order valence-electron chi connectivity index (χ3n) is 3.13. The van der Waals surface area contributed by atoms with E-state index in [2.05, 4.69) is 20.9 Å². The van der Waals surface area contributed by atoms with Gasteiger partial charge in [-0.05, 0) is 40.0 Å². The van der Waals surface area contributed by atoms with Crippen LogP contribution in [0.2, 0.25) is 0 Å². The Morgan fingerprint density at radius 3 is 2.60 bits per heavy atom. The van der Waals surface area contributed by atoms with E-state index in [1.165, 1.54) is 0 Å². The summed E-state index contributed by atoms with van der Waals surface area (Å²) in [5, 5.41) is 11.6. The molecule has 0 amide bonds. The number of aliphatic hydroxyl groups is 1. The third kappa shape index (κ3) is 3.82. The number of halogens is 1. The molecule has 1 aromatic heterocycles. The molecule has 3 nitrogen and oxygen atoms in total. The molecule has 0 saturated heterocycles. The SMILES string of the molecule is NCC(O)(CCSc1ncccc1Br)c1ccccc1. The molecule has 1 aromatic carbocycles. The second-order valence-corrected chi connectivity index (χ2v) is 6.43. The Morgan fingerprint density at radius 2 is 1.95 bits per heavy atom.